The number of benzene rings is 1. The fourth-order valence-corrected chi connectivity index (χ4v) is 3.90. The minimum Gasteiger partial charge on any atom is -0.461 e. The third kappa shape index (κ3) is 6.75. The maximum Gasteiger partial charge on any atom is 0.309 e. The maximum absolute atomic E-state index is 12.4. The van der Waals surface area contributed by atoms with Gasteiger partial charge < -0.3 is 4.74 Å². The van der Waals surface area contributed by atoms with Crippen LogP contribution in [0.5, 0.6) is 0 Å². The van der Waals surface area contributed by atoms with Crippen molar-refractivity contribution in [2.45, 2.75) is 78.9 Å². The molecule has 26 heavy (non-hydrogen) atoms. The Morgan fingerprint density at radius 2 is 1.62 bits per heavy atom. The molecule has 146 valence electrons. The molecule has 0 unspecified atom stereocenters. The Morgan fingerprint density at radius 3 is 2.19 bits per heavy atom. The Morgan fingerprint density at radius 1 is 1.00 bits per heavy atom. The van der Waals surface area contributed by atoms with E-state index in [1.54, 1.807) is 0 Å². The number of rotatable bonds is 10. The van der Waals surface area contributed by atoms with E-state index in [-0.39, 0.29) is 11.9 Å². The van der Waals surface area contributed by atoms with Gasteiger partial charge >= 0.3 is 5.97 Å². The van der Waals surface area contributed by atoms with Crippen molar-refractivity contribution < 1.29 is 9.53 Å². The van der Waals surface area contributed by atoms with Crippen LogP contribution in [-0.4, -0.2) is 24.0 Å². The Labute approximate surface area is 160 Å². The summed E-state index contributed by atoms with van der Waals surface area (Å²) in [6.45, 7) is 10.1. The fraction of sp³-hybridized carbons (Fsp3) is 0.696. The Bertz CT molecular complexity index is 514. The summed E-state index contributed by atoms with van der Waals surface area (Å²) in [5.41, 5.74) is 2.40. The minimum absolute atomic E-state index is 0.00570. The van der Waals surface area contributed by atoms with Crippen molar-refractivity contribution in [2.75, 3.05) is 13.1 Å². The topological polar surface area (TPSA) is 29.5 Å². The molecule has 1 aliphatic rings. The lowest BCUT2D eigenvalue weighted by Gasteiger charge is -2.27. The SMILES string of the molecule is CCCCC1CCC(C(=O)OCc2ccc(CN(CC)CC)cc2)CC1. The van der Waals surface area contributed by atoms with Crippen LogP contribution in [0.25, 0.3) is 0 Å². The molecule has 1 saturated carbocycles. The van der Waals surface area contributed by atoms with E-state index in [1.807, 2.05) is 0 Å². The molecule has 1 aromatic rings. The first-order valence-electron chi connectivity index (χ1n) is 10.6. The first-order chi connectivity index (χ1) is 12.7. The van der Waals surface area contributed by atoms with Crippen LogP contribution in [0.2, 0.25) is 0 Å². The number of hydrogen-bond acceptors (Lipinski definition) is 3. The molecule has 0 bridgehead atoms. The number of nitrogens with zero attached hydrogens (tertiary/aromatic N) is 1. The van der Waals surface area contributed by atoms with E-state index >= 15 is 0 Å². The largest absolute Gasteiger partial charge is 0.461 e. The van der Waals surface area contributed by atoms with Gasteiger partial charge in [-0.15, -0.1) is 0 Å². The van der Waals surface area contributed by atoms with Crippen molar-refractivity contribution in [3.8, 4) is 0 Å². The summed E-state index contributed by atoms with van der Waals surface area (Å²) in [5.74, 6) is 0.957. The number of carbonyl (C=O) groups is 1. The van der Waals surface area contributed by atoms with Crippen LogP contribution in [-0.2, 0) is 22.7 Å². The van der Waals surface area contributed by atoms with Gasteiger partial charge in [-0.05, 0) is 55.8 Å². The van der Waals surface area contributed by atoms with Crippen LogP contribution >= 0.6 is 0 Å². The fourth-order valence-electron chi connectivity index (χ4n) is 3.90. The number of esters is 1. The predicted molar refractivity (Wildman–Crippen MR) is 108 cm³/mol. The number of carbonyl (C=O) groups excluding carboxylic acids is 1. The van der Waals surface area contributed by atoms with Crippen LogP contribution in [0.3, 0.4) is 0 Å². The summed E-state index contributed by atoms with van der Waals surface area (Å²) < 4.78 is 5.60. The zero-order chi connectivity index (χ0) is 18.8. The van der Waals surface area contributed by atoms with E-state index in [0.29, 0.717) is 6.61 Å². The highest BCUT2D eigenvalue weighted by Gasteiger charge is 2.27. The number of hydrogen-bond donors (Lipinski definition) is 0. The summed E-state index contributed by atoms with van der Waals surface area (Å²) in [5, 5.41) is 0. The molecule has 0 atom stereocenters. The molecule has 3 nitrogen and oxygen atoms in total. The van der Waals surface area contributed by atoms with Crippen LogP contribution in [0, 0.1) is 11.8 Å². The lowest BCUT2D eigenvalue weighted by Crippen LogP contribution is -2.23. The highest BCUT2D eigenvalue weighted by molar-refractivity contribution is 5.72. The van der Waals surface area contributed by atoms with Gasteiger partial charge in [-0.1, -0.05) is 64.3 Å². The van der Waals surface area contributed by atoms with Crippen LogP contribution in [0.4, 0.5) is 0 Å². The standard InChI is InChI=1S/C23H37NO2/c1-4-7-8-19-13-15-22(16-14-19)23(25)26-18-21-11-9-20(10-12-21)17-24(5-2)6-3/h9-12,19,22H,4-8,13-18H2,1-3H3. The average Bonchev–Trinajstić information content (AvgIpc) is 2.70. The molecule has 3 heteroatoms. The molecule has 0 N–H and O–H groups in total. The Kier molecular flexibility index (Phi) is 9.17. The molecule has 0 aromatic heterocycles. The summed E-state index contributed by atoms with van der Waals surface area (Å²) in [6.07, 6.45) is 8.34. The summed E-state index contributed by atoms with van der Waals surface area (Å²) in [6, 6.07) is 8.49. The summed E-state index contributed by atoms with van der Waals surface area (Å²) >= 11 is 0. The molecule has 1 aromatic carbocycles. The van der Waals surface area contributed by atoms with Gasteiger partial charge in [0.15, 0.2) is 0 Å². The van der Waals surface area contributed by atoms with Gasteiger partial charge in [0.25, 0.3) is 0 Å². The first-order valence-corrected chi connectivity index (χ1v) is 10.6. The van der Waals surface area contributed by atoms with Gasteiger partial charge in [0.05, 0.1) is 5.92 Å². The first kappa shape index (κ1) is 21.0. The normalized spacial score (nSPS) is 20.3. The molecule has 0 radical (unpaired) electrons. The zero-order valence-electron chi connectivity index (χ0n) is 17.0. The highest BCUT2D eigenvalue weighted by Crippen LogP contribution is 2.32. The van der Waals surface area contributed by atoms with Crippen molar-refractivity contribution >= 4 is 5.97 Å². The third-order valence-corrected chi connectivity index (χ3v) is 5.85. The summed E-state index contributed by atoms with van der Waals surface area (Å²) in [7, 11) is 0. The smallest absolute Gasteiger partial charge is 0.309 e. The second-order valence-electron chi connectivity index (χ2n) is 7.75. The minimum atomic E-state index is 0.00570. The van der Waals surface area contributed by atoms with E-state index in [4.69, 9.17) is 4.74 Å². The van der Waals surface area contributed by atoms with Gasteiger partial charge in [-0.25, -0.2) is 0 Å². The maximum atomic E-state index is 12.4. The molecule has 0 amide bonds. The van der Waals surface area contributed by atoms with Crippen molar-refractivity contribution in [1.29, 1.82) is 0 Å². The molecule has 0 aliphatic heterocycles. The van der Waals surface area contributed by atoms with E-state index in [2.05, 4.69) is 49.9 Å². The molecule has 0 heterocycles. The van der Waals surface area contributed by atoms with Crippen molar-refractivity contribution in [3.05, 3.63) is 35.4 Å². The second kappa shape index (κ2) is 11.4. The van der Waals surface area contributed by atoms with Crippen LogP contribution in [0.1, 0.15) is 76.8 Å². The molecule has 1 fully saturated rings. The quantitative estimate of drug-likeness (QED) is 0.512. The average molecular weight is 360 g/mol. The van der Waals surface area contributed by atoms with Crippen molar-refractivity contribution in [2.24, 2.45) is 11.8 Å². The number of unbranched alkanes of at least 4 members (excludes halogenated alkanes) is 1. The van der Waals surface area contributed by atoms with Gasteiger partial charge in [-0.2, -0.15) is 0 Å². The lowest BCUT2D eigenvalue weighted by molar-refractivity contribution is -0.151. The van der Waals surface area contributed by atoms with Gasteiger partial charge in [0, 0.05) is 6.54 Å². The second-order valence-corrected chi connectivity index (χ2v) is 7.75. The summed E-state index contributed by atoms with van der Waals surface area (Å²) in [4.78, 5) is 14.7. The van der Waals surface area contributed by atoms with Gasteiger partial charge in [0.1, 0.15) is 6.61 Å². The molecule has 2 rings (SSSR count). The number of ether oxygens (including phenoxy) is 1. The molecular formula is C23H37NO2. The third-order valence-electron chi connectivity index (χ3n) is 5.85. The van der Waals surface area contributed by atoms with Crippen molar-refractivity contribution in [1.82, 2.24) is 4.90 Å². The molecule has 0 spiro atoms. The van der Waals surface area contributed by atoms with Gasteiger partial charge in [0.2, 0.25) is 0 Å². The van der Waals surface area contributed by atoms with E-state index < -0.39 is 0 Å². The molecular weight excluding hydrogens is 322 g/mol. The van der Waals surface area contributed by atoms with Crippen LogP contribution < -0.4 is 0 Å². The van der Waals surface area contributed by atoms with Crippen molar-refractivity contribution in [3.63, 3.8) is 0 Å². The molecule has 1 aliphatic carbocycles. The molecule has 0 saturated heterocycles. The van der Waals surface area contributed by atoms with E-state index in [9.17, 15) is 4.79 Å². The monoisotopic (exact) mass is 359 g/mol. The highest BCUT2D eigenvalue weighted by atomic mass is 16.5. The van der Waals surface area contributed by atoms with Gasteiger partial charge in [-0.3, -0.25) is 9.69 Å². The van der Waals surface area contributed by atoms with E-state index in [1.165, 1.54) is 37.7 Å². The van der Waals surface area contributed by atoms with E-state index in [0.717, 1.165) is 44.0 Å². The predicted octanol–water partition coefficient (Wildman–Crippen LogP) is 5.57. The zero-order valence-corrected chi connectivity index (χ0v) is 17.0. The Hall–Kier alpha value is -1.35. The van der Waals surface area contributed by atoms with Crippen LogP contribution in [0.15, 0.2) is 24.3 Å². The lowest BCUT2D eigenvalue weighted by atomic mass is 9.80. The Balaban J connectivity index is 1.72.